The van der Waals surface area contributed by atoms with Crippen LogP contribution < -0.4 is 9.64 Å². The zero-order valence-corrected chi connectivity index (χ0v) is 11.4. The Morgan fingerprint density at radius 2 is 2.32 bits per heavy atom. The second-order valence-corrected chi connectivity index (χ2v) is 5.15. The third-order valence-electron chi connectivity index (χ3n) is 2.68. The zero-order valence-electron chi connectivity index (χ0n) is 10.6. The summed E-state index contributed by atoms with van der Waals surface area (Å²) in [6.45, 7) is 1.73. The average molecular weight is 282 g/mol. The summed E-state index contributed by atoms with van der Waals surface area (Å²) in [5, 5.41) is 8.01. The molecular weight excluding hydrogens is 267 g/mol. The van der Waals surface area contributed by atoms with Gasteiger partial charge in [0.25, 0.3) is 0 Å². The van der Waals surface area contributed by atoms with Crippen LogP contribution in [0.4, 0.5) is 10.1 Å². The lowest BCUT2D eigenvalue weighted by molar-refractivity contribution is -0.115. The van der Waals surface area contributed by atoms with Gasteiger partial charge in [-0.15, -0.1) is 0 Å². The van der Waals surface area contributed by atoms with E-state index in [1.807, 2.05) is 19.1 Å². The van der Waals surface area contributed by atoms with Gasteiger partial charge in [-0.3, -0.25) is 19.5 Å². The summed E-state index contributed by atoms with van der Waals surface area (Å²) < 4.78 is 17.6. The van der Waals surface area contributed by atoms with E-state index < -0.39 is 6.67 Å². The molecule has 1 fully saturated rings. The normalized spacial score (nSPS) is 15.2. The molecule has 1 aromatic rings. The number of nitrogens with zero attached hydrogens (tertiary/aromatic N) is 1. The maximum atomic E-state index is 12.1. The molecule has 1 aromatic carbocycles. The number of amidine groups is 1. The van der Waals surface area contributed by atoms with E-state index in [1.54, 1.807) is 6.07 Å². The van der Waals surface area contributed by atoms with Crippen LogP contribution in [0.5, 0.6) is 5.75 Å². The lowest BCUT2D eigenvalue weighted by Gasteiger charge is -2.19. The maximum Gasteiger partial charge on any atom is 0.243 e. The van der Waals surface area contributed by atoms with Crippen LogP contribution in [0, 0.1) is 12.3 Å². The molecule has 1 saturated heterocycles. The van der Waals surface area contributed by atoms with Crippen LogP contribution in [0.25, 0.3) is 0 Å². The third kappa shape index (κ3) is 3.07. The maximum absolute atomic E-state index is 12.1. The minimum absolute atomic E-state index is 0.129. The largest absolute Gasteiger partial charge is 0.491 e. The van der Waals surface area contributed by atoms with Gasteiger partial charge in [-0.1, -0.05) is 17.8 Å². The molecule has 1 aliphatic heterocycles. The highest BCUT2D eigenvalue weighted by molar-refractivity contribution is 8.15. The number of carbonyl (C=O) groups is 1. The number of alkyl halides is 1. The quantitative estimate of drug-likeness (QED) is 0.845. The van der Waals surface area contributed by atoms with E-state index in [4.69, 9.17) is 10.1 Å². The van der Waals surface area contributed by atoms with E-state index >= 15 is 0 Å². The van der Waals surface area contributed by atoms with Crippen molar-refractivity contribution in [1.82, 2.24) is 0 Å². The first-order valence-electron chi connectivity index (χ1n) is 5.97. The summed E-state index contributed by atoms with van der Waals surface area (Å²) >= 11 is 1.20. The second kappa shape index (κ2) is 6.06. The summed E-state index contributed by atoms with van der Waals surface area (Å²) in [5.74, 6) is 0.659. The molecule has 1 heterocycles. The Labute approximate surface area is 115 Å². The first-order valence-corrected chi connectivity index (χ1v) is 6.95. The van der Waals surface area contributed by atoms with Gasteiger partial charge in [0, 0.05) is 6.42 Å². The van der Waals surface area contributed by atoms with E-state index in [0.717, 1.165) is 5.56 Å². The summed E-state index contributed by atoms with van der Waals surface area (Å²) in [7, 11) is 0. The Hall–Kier alpha value is -1.56. The number of ether oxygens (including phenoxy) is 1. The van der Waals surface area contributed by atoms with Gasteiger partial charge in [0.05, 0.1) is 24.7 Å². The predicted octanol–water partition coefficient (Wildman–Crippen LogP) is 2.75. The molecule has 0 aromatic heterocycles. The van der Waals surface area contributed by atoms with Crippen LogP contribution >= 0.6 is 11.8 Å². The van der Waals surface area contributed by atoms with E-state index in [-0.39, 0.29) is 23.4 Å². The summed E-state index contributed by atoms with van der Waals surface area (Å²) in [6, 6.07) is 5.43. The molecule has 1 amide bonds. The van der Waals surface area contributed by atoms with Crippen molar-refractivity contribution >= 4 is 28.5 Å². The monoisotopic (exact) mass is 282 g/mol. The molecule has 102 valence electrons. The molecule has 4 nitrogen and oxygen atoms in total. The molecule has 0 atom stereocenters. The number of benzene rings is 1. The number of halogens is 1. The highest BCUT2D eigenvalue weighted by atomic mass is 32.2. The molecular formula is C13H15FN2O2S. The zero-order chi connectivity index (χ0) is 13.8. The van der Waals surface area contributed by atoms with Crippen molar-refractivity contribution in [3.8, 4) is 5.75 Å². The van der Waals surface area contributed by atoms with Gasteiger partial charge in [-0.05, 0) is 24.6 Å². The number of nitrogens with one attached hydrogen (secondary N) is 1. The SMILES string of the molecule is Cc1ccc(OCCCF)c(N2C(=N)SCC2=O)c1. The Kier molecular flexibility index (Phi) is 4.42. The molecule has 0 aliphatic carbocycles. The number of hydrogen-bond acceptors (Lipinski definition) is 4. The van der Waals surface area contributed by atoms with Gasteiger partial charge in [-0.25, -0.2) is 0 Å². The lowest BCUT2D eigenvalue weighted by Crippen LogP contribution is -2.29. The fourth-order valence-corrected chi connectivity index (χ4v) is 2.50. The van der Waals surface area contributed by atoms with Crippen LogP contribution in [0.1, 0.15) is 12.0 Å². The van der Waals surface area contributed by atoms with Crippen molar-refractivity contribution in [2.45, 2.75) is 13.3 Å². The molecule has 0 radical (unpaired) electrons. The Morgan fingerprint density at radius 1 is 1.53 bits per heavy atom. The number of aryl methyl sites for hydroxylation is 1. The van der Waals surface area contributed by atoms with E-state index in [0.29, 0.717) is 17.9 Å². The second-order valence-electron chi connectivity index (χ2n) is 4.19. The van der Waals surface area contributed by atoms with Crippen LogP contribution in [0.3, 0.4) is 0 Å². The van der Waals surface area contributed by atoms with Crippen molar-refractivity contribution < 1.29 is 13.9 Å². The molecule has 0 unspecified atom stereocenters. The Balaban J connectivity index is 2.29. The topological polar surface area (TPSA) is 53.4 Å². The number of carbonyl (C=O) groups excluding carboxylic acids is 1. The lowest BCUT2D eigenvalue weighted by atomic mass is 10.2. The van der Waals surface area contributed by atoms with Crippen LogP contribution in [0.15, 0.2) is 18.2 Å². The van der Waals surface area contributed by atoms with Gasteiger partial charge in [0.15, 0.2) is 5.17 Å². The minimum Gasteiger partial charge on any atom is -0.491 e. The van der Waals surface area contributed by atoms with Crippen LogP contribution in [-0.4, -0.2) is 30.1 Å². The molecule has 2 rings (SSSR count). The fourth-order valence-electron chi connectivity index (χ4n) is 1.78. The highest BCUT2D eigenvalue weighted by Gasteiger charge is 2.30. The number of thioether (sulfide) groups is 1. The number of amides is 1. The Bertz CT molecular complexity index is 491. The van der Waals surface area contributed by atoms with Crippen molar-refractivity contribution in [1.29, 1.82) is 5.41 Å². The summed E-state index contributed by atoms with van der Waals surface area (Å²) in [5.41, 5.74) is 1.55. The van der Waals surface area contributed by atoms with Crippen molar-refractivity contribution in [3.05, 3.63) is 23.8 Å². The smallest absolute Gasteiger partial charge is 0.243 e. The van der Waals surface area contributed by atoms with Crippen LogP contribution in [0.2, 0.25) is 0 Å². The molecule has 0 spiro atoms. The fraction of sp³-hybridized carbons (Fsp3) is 0.385. The summed E-state index contributed by atoms with van der Waals surface area (Å²) in [4.78, 5) is 13.2. The van der Waals surface area contributed by atoms with Crippen molar-refractivity contribution in [2.75, 3.05) is 23.9 Å². The molecule has 19 heavy (non-hydrogen) atoms. The highest BCUT2D eigenvalue weighted by Crippen LogP contribution is 2.34. The molecule has 1 N–H and O–H groups in total. The van der Waals surface area contributed by atoms with Gasteiger partial charge < -0.3 is 4.74 Å². The van der Waals surface area contributed by atoms with Crippen LogP contribution in [-0.2, 0) is 4.79 Å². The molecule has 1 aliphatic rings. The minimum atomic E-state index is -0.435. The first kappa shape index (κ1) is 13.9. The average Bonchev–Trinajstić information content (AvgIpc) is 2.71. The van der Waals surface area contributed by atoms with E-state index in [1.165, 1.54) is 16.7 Å². The predicted molar refractivity (Wildman–Crippen MR) is 74.9 cm³/mol. The standard InChI is InChI=1S/C13H15FN2O2S/c1-9-3-4-11(18-6-2-5-14)10(7-9)16-12(17)8-19-13(16)15/h3-4,7,15H,2,5-6,8H2,1H3. The first-order chi connectivity index (χ1) is 9.13. The molecule has 6 heteroatoms. The number of anilines is 1. The van der Waals surface area contributed by atoms with Crippen molar-refractivity contribution in [2.24, 2.45) is 0 Å². The number of hydrogen-bond donors (Lipinski definition) is 1. The third-order valence-corrected chi connectivity index (χ3v) is 3.52. The molecule has 0 saturated carbocycles. The van der Waals surface area contributed by atoms with E-state index in [2.05, 4.69) is 0 Å². The Morgan fingerprint density at radius 3 is 2.95 bits per heavy atom. The van der Waals surface area contributed by atoms with Gasteiger partial charge in [-0.2, -0.15) is 0 Å². The van der Waals surface area contributed by atoms with E-state index in [9.17, 15) is 9.18 Å². The van der Waals surface area contributed by atoms with Gasteiger partial charge in [0.1, 0.15) is 5.75 Å². The molecule has 0 bridgehead atoms. The number of rotatable bonds is 5. The van der Waals surface area contributed by atoms with Gasteiger partial charge >= 0.3 is 0 Å². The summed E-state index contributed by atoms with van der Waals surface area (Å²) in [6.07, 6.45) is 0.313. The van der Waals surface area contributed by atoms with Gasteiger partial charge in [0.2, 0.25) is 5.91 Å². The van der Waals surface area contributed by atoms with Crippen molar-refractivity contribution in [3.63, 3.8) is 0 Å².